The molecule has 0 atom stereocenters. The van der Waals surface area contributed by atoms with E-state index in [1.165, 1.54) is 11.1 Å². The van der Waals surface area contributed by atoms with Crippen molar-refractivity contribution in [3.05, 3.63) is 34.3 Å². The predicted octanol–water partition coefficient (Wildman–Crippen LogP) is 2.00. The van der Waals surface area contributed by atoms with Gasteiger partial charge in [-0.3, -0.25) is 0 Å². The third-order valence-electron chi connectivity index (χ3n) is 1.99. The summed E-state index contributed by atoms with van der Waals surface area (Å²) < 4.78 is 0. The van der Waals surface area contributed by atoms with Gasteiger partial charge in [-0.15, -0.1) is 0 Å². The Morgan fingerprint density at radius 2 is 2.18 bits per heavy atom. The molecule has 57 valence electrons. The summed E-state index contributed by atoms with van der Waals surface area (Å²) in [4.78, 5) is 0. The van der Waals surface area contributed by atoms with Crippen LogP contribution in [0.1, 0.15) is 11.1 Å². The molecule has 0 N–H and O–H groups in total. The number of halogens is 1. The molecule has 0 spiro atoms. The zero-order valence-electron chi connectivity index (χ0n) is 6.18. The van der Waals surface area contributed by atoms with Gasteiger partial charge in [0, 0.05) is 18.1 Å². The highest BCUT2D eigenvalue weighted by Gasteiger charge is 2.08. The van der Waals surface area contributed by atoms with Crippen molar-refractivity contribution in [2.75, 3.05) is 6.54 Å². The fourth-order valence-corrected chi connectivity index (χ4v) is 1.58. The zero-order valence-corrected chi connectivity index (χ0v) is 6.93. The van der Waals surface area contributed by atoms with Crippen LogP contribution < -0.4 is 5.32 Å². The molecule has 0 saturated heterocycles. The van der Waals surface area contributed by atoms with Crippen LogP contribution in [0.3, 0.4) is 0 Å². The maximum atomic E-state index is 5.85. The molecule has 0 unspecified atom stereocenters. The van der Waals surface area contributed by atoms with Gasteiger partial charge in [-0.2, -0.15) is 0 Å². The lowest BCUT2D eigenvalue weighted by molar-refractivity contribution is 0.630. The molecule has 0 bridgehead atoms. The van der Waals surface area contributed by atoms with Gasteiger partial charge in [-0.1, -0.05) is 17.7 Å². The molecule has 0 fully saturated rings. The second-order valence-electron chi connectivity index (χ2n) is 2.77. The Hall–Kier alpha value is -0.530. The van der Waals surface area contributed by atoms with Crippen LogP contribution >= 0.6 is 11.6 Å². The van der Waals surface area contributed by atoms with Crippen molar-refractivity contribution in [2.45, 2.75) is 13.0 Å². The van der Waals surface area contributed by atoms with E-state index in [4.69, 9.17) is 11.6 Å². The van der Waals surface area contributed by atoms with Crippen LogP contribution in [0.15, 0.2) is 18.2 Å². The van der Waals surface area contributed by atoms with E-state index in [2.05, 4.69) is 11.4 Å². The van der Waals surface area contributed by atoms with Gasteiger partial charge >= 0.3 is 0 Å². The van der Waals surface area contributed by atoms with Crippen LogP contribution in [0, 0.1) is 0 Å². The maximum Gasteiger partial charge on any atom is 0.0408 e. The van der Waals surface area contributed by atoms with Crippen molar-refractivity contribution in [3.8, 4) is 0 Å². The van der Waals surface area contributed by atoms with Crippen molar-refractivity contribution >= 4 is 11.6 Å². The van der Waals surface area contributed by atoms with E-state index in [0.717, 1.165) is 24.5 Å². The van der Waals surface area contributed by atoms with E-state index in [9.17, 15) is 0 Å². The molecule has 1 radical (unpaired) electrons. The van der Waals surface area contributed by atoms with Crippen LogP contribution in [0.5, 0.6) is 0 Å². The minimum Gasteiger partial charge on any atom is -0.237 e. The lowest BCUT2D eigenvalue weighted by Crippen LogP contribution is -2.17. The molecule has 1 aromatic carbocycles. The van der Waals surface area contributed by atoms with Gasteiger partial charge in [0.15, 0.2) is 0 Å². The molecule has 0 amide bonds. The molecule has 0 aromatic heterocycles. The molecular weight excluding hydrogens is 158 g/mol. The summed E-state index contributed by atoms with van der Waals surface area (Å²) in [6, 6.07) is 6.05. The Bertz CT molecular complexity index is 270. The van der Waals surface area contributed by atoms with E-state index < -0.39 is 0 Å². The number of hydrogen-bond donors (Lipinski definition) is 0. The fraction of sp³-hybridized carbons (Fsp3) is 0.333. The second-order valence-corrected chi connectivity index (χ2v) is 3.20. The summed E-state index contributed by atoms with van der Waals surface area (Å²) in [5.74, 6) is 0. The van der Waals surface area contributed by atoms with Crippen LogP contribution in [-0.2, 0) is 13.0 Å². The second kappa shape index (κ2) is 2.84. The zero-order chi connectivity index (χ0) is 7.68. The van der Waals surface area contributed by atoms with Crippen LogP contribution in [-0.4, -0.2) is 6.54 Å². The Balaban J connectivity index is 2.43. The van der Waals surface area contributed by atoms with E-state index in [1.807, 2.05) is 12.1 Å². The first kappa shape index (κ1) is 7.14. The molecule has 1 nitrogen and oxygen atoms in total. The highest BCUT2D eigenvalue weighted by Crippen LogP contribution is 2.18. The summed E-state index contributed by atoms with van der Waals surface area (Å²) in [5, 5.41) is 5.14. The third-order valence-corrected chi connectivity index (χ3v) is 2.22. The Kier molecular flexibility index (Phi) is 1.84. The third kappa shape index (κ3) is 1.39. The van der Waals surface area contributed by atoms with Crippen LogP contribution in [0.4, 0.5) is 0 Å². The molecule has 1 aliphatic heterocycles. The molecule has 0 aliphatic carbocycles. The van der Waals surface area contributed by atoms with Gasteiger partial charge < -0.3 is 0 Å². The Morgan fingerprint density at radius 3 is 3.09 bits per heavy atom. The van der Waals surface area contributed by atoms with Gasteiger partial charge in [0.2, 0.25) is 0 Å². The van der Waals surface area contributed by atoms with Crippen molar-refractivity contribution in [3.63, 3.8) is 0 Å². The monoisotopic (exact) mass is 166 g/mol. The molecule has 2 rings (SSSR count). The summed E-state index contributed by atoms with van der Waals surface area (Å²) in [6.45, 7) is 1.82. The number of benzene rings is 1. The average molecular weight is 167 g/mol. The molecule has 2 heteroatoms. The number of fused-ring (bicyclic) bond motifs is 1. The van der Waals surface area contributed by atoms with Gasteiger partial charge in [0.25, 0.3) is 0 Å². The van der Waals surface area contributed by atoms with E-state index in [0.29, 0.717) is 0 Å². The van der Waals surface area contributed by atoms with E-state index in [1.54, 1.807) is 0 Å². The van der Waals surface area contributed by atoms with Crippen molar-refractivity contribution in [1.82, 2.24) is 5.32 Å². The minimum absolute atomic E-state index is 0.839. The lowest BCUT2D eigenvalue weighted by Gasteiger charge is -2.14. The van der Waals surface area contributed by atoms with Crippen molar-refractivity contribution < 1.29 is 0 Å². The van der Waals surface area contributed by atoms with Crippen LogP contribution in [0.2, 0.25) is 5.02 Å². The SMILES string of the molecule is Clc1ccc2c(c1)CC[N]C2. The minimum atomic E-state index is 0.839. The Morgan fingerprint density at radius 1 is 1.27 bits per heavy atom. The van der Waals surface area contributed by atoms with E-state index in [-0.39, 0.29) is 0 Å². The first-order valence-corrected chi connectivity index (χ1v) is 4.14. The van der Waals surface area contributed by atoms with Crippen molar-refractivity contribution in [1.29, 1.82) is 0 Å². The molecular formula is C9H9ClN. The number of rotatable bonds is 0. The number of hydrogen-bond acceptors (Lipinski definition) is 0. The lowest BCUT2D eigenvalue weighted by atomic mass is 10.0. The summed E-state index contributed by atoms with van der Waals surface area (Å²) >= 11 is 5.85. The molecule has 1 heterocycles. The highest BCUT2D eigenvalue weighted by molar-refractivity contribution is 6.30. The van der Waals surface area contributed by atoms with E-state index >= 15 is 0 Å². The molecule has 1 aromatic rings. The van der Waals surface area contributed by atoms with Crippen molar-refractivity contribution in [2.24, 2.45) is 0 Å². The van der Waals surface area contributed by atoms with Gasteiger partial charge in [0.05, 0.1) is 0 Å². The van der Waals surface area contributed by atoms with Gasteiger partial charge in [-0.25, -0.2) is 5.32 Å². The standard InChI is InChI=1S/C9H9ClN/c10-9-2-1-8-6-11-4-3-7(8)5-9/h1-2,5H,3-4,6H2. The first-order valence-electron chi connectivity index (χ1n) is 3.77. The van der Waals surface area contributed by atoms with Crippen LogP contribution in [0.25, 0.3) is 0 Å². The quantitative estimate of drug-likeness (QED) is 0.560. The smallest absolute Gasteiger partial charge is 0.0408 e. The van der Waals surface area contributed by atoms with Gasteiger partial charge in [0.1, 0.15) is 0 Å². The first-order chi connectivity index (χ1) is 5.36. The molecule has 11 heavy (non-hydrogen) atoms. The number of nitrogens with zero attached hydrogens (tertiary/aromatic N) is 1. The fourth-order valence-electron chi connectivity index (χ4n) is 1.38. The Labute approximate surface area is 71.4 Å². The summed E-state index contributed by atoms with van der Waals surface area (Å²) in [5.41, 5.74) is 2.70. The largest absolute Gasteiger partial charge is 0.237 e. The molecule has 1 aliphatic rings. The predicted molar refractivity (Wildman–Crippen MR) is 45.9 cm³/mol. The average Bonchev–Trinajstić information content (AvgIpc) is 2.04. The van der Waals surface area contributed by atoms with Gasteiger partial charge in [-0.05, 0) is 29.7 Å². The summed E-state index contributed by atoms with van der Waals surface area (Å²) in [6.07, 6.45) is 1.05. The molecule has 0 saturated carbocycles. The highest BCUT2D eigenvalue weighted by atomic mass is 35.5. The summed E-state index contributed by atoms with van der Waals surface area (Å²) in [7, 11) is 0. The topological polar surface area (TPSA) is 14.1 Å². The normalized spacial score (nSPS) is 16.1. The maximum absolute atomic E-state index is 5.85.